The third kappa shape index (κ3) is 4.34. The van der Waals surface area contributed by atoms with Crippen LogP contribution in [0.3, 0.4) is 0 Å². The molecule has 0 bridgehead atoms. The molecule has 2 amide bonds. The summed E-state index contributed by atoms with van der Waals surface area (Å²) in [4.78, 5) is 27.1. The van der Waals surface area contributed by atoms with Gasteiger partial charge in [-0.2, -0.15) is 0 Å². The molecule has 1 N–H and O–H groups in total. The Morgan fingerprint density at radius 3 is 2.31 bits per heavy atom. The molecule has 1 heterocycles. The largest absolute Gasteiger partial charge is 0.493 e. The molecule has 1 aromatic carbocycles. The number of likely N-dealkylation sites (tertiary alicyclic amines) is 1. The number of methoxy groups -OCH3 is 2. The number of rotatable bonds is 8. The molecule has 1 aliphatic heterocycles. The molecule has 0 saturated carbocycles. The lowest BCUT2D eigenvalue weighted by atomic mass is 9.79. The highest BCUT2D eigenvalue weighted by Gasteiger charge is 2.52. The van der Waals surface area contributed by atoms with E-state index in [1.54, 1.807) is 6.92 Å². The van der Waals surface area contributed by atoms with Crippen LogP contribution in [-0.2, 0) is 19.6 Å². The Morgan fingerprint density at radius 1 is 1.21 bits per heavy atom. The number of carbonyl (C=O) groups is 2. The van der Waals surface area contributed by atoms with Crippen LogP contribution in [0, 0.1) is 5.41 Å². The van der Waals surface area contributed by atoms with Crippen molar-refractivity contribution in [3.05, 3.63) is 18.2 Å². The fourth-order valence-electron chi connectivity index (χ4n) is 3.49. The van der Waals surface area contributed by atoms with Crippen molar-refractivity contribution in [2.24, 2.45) is 5.41 Å². The van der Waals surface area contributed by atoms with E-state index in [1.807, 2.05) is 20.8 Å². The van der Waals surface area contributed by atoms with Gasteiger partial charge in [0.05, 0.1) is 19.1 Å². The maximum absolute atomic E-state index is 12.9. The van der Waals surface area contributed by atoms with Gasteiger partial charge < -0.3 is 14.4 Å². The van der Waals surface area contributed by atoms with Crippen molar-refractivity contribution in [3.8, 4) is 11.5 Å². The van der Waals surface area contributed by atoms with E-state index in [-0.39, 0.29) is 16.6 Å². The van der Waals surface area contributed by atoms with Crippen molar-refractivity contribution in [3.63, 3.8) is 0 Å². The summed E-state index contributed by atoms with van der Waals surface area (Å²) >= 11 is 0. The molecule has 1 aromatic rings. The molecule has 1 atom stereocenters. The fraction of sp³-hybridized carbons (Fsp3) is 0.600. The smallest absolute Gasteiger partial charge is 0.264 e. The number of hydrogen-bond acceptors (Lipinski definition) is 6. The SMILES string of the molecule is CCCC(C)(C)C(=O)N1CCC1(C)C(=O)NS(=O)(=O)c1ccc(OC)c(OC)c1. The predicted octanol–water partition coefficient (Wildman–Crippen LogP) is 2.33. The van der Waals surface area contributed by atoms with Gasteiger partial charge in [-0.15, -0.1) is 0 Å². The molecule has 1 fully saturated rings. The van der Waals surface area contributed by atoms with E-state index in [2.05, 4.69) is 4.72 Å². The average Bonchev–Trinajstić information content (AvgIpc) is 2.65. The van der Waals surface area contributed by atoms with Crippen LogP contribution in [0.5, 0.6) is 11.5 Å². The second-order valence-corrected chi connectivity index (χ2v) is 9.75. The normalized spacial score (nSPS) is 19.3. The van der Waals surface area contributed by atoms with Crippen LogP contribution in [0.4, 0.5) is 0 Å². The number of nitrogens with one attached hydrogen (secondary N) is 1. The number of carbonyl (C=O) groups excluding carboxylic acids is 2. The van der Waals surface area contributed by atoms with E-state index >= 15 is 0 Å². The minimum atomic E-state index is -4.14. The molecule has 2 rings (SSSR count). The predicted molar refractivity (Wildman–Crippen MR) is 108 cm³/mol. The molecule has 9 heteroatoms. The Labute approximate surface area is 172 Å². The molecule has 0 aliphatic carbocycles. The van der Waals surface area contributed by atoms with E-state index in [0.29, 0.717) is 25.1 Å². The van der Waals surface area contributed by atoms with Crippen molar-refractivity contribution < 1.29 is 27.5 Å². The summed E-state index contributed by atoms with van der Waals surface area (Å²) in [7, 11) is -1.31. The summed E-state index contributed by atoms with van der Waals surface area (Å²) in [5.74, 6) is -0.264. The zero-order valence-electron chi connectivity index (χ0n) is 17.9. The first-order valence-corrected chi connectivity index (χ1v) is 11.0. The highest BCUT2D eigenvalue weighted by Crippen LogP contribution is 2.37. The molecule has 162 valence electrons. The minimum Gasteiger partial charge on any atom is -0.493 e. The Bertz CT molecular complexity index is 896. The molecule has 1 saturated heterocycles. The second-order valence-electron chi connectivity index (χ2n) is 8.07. The lowest BCUT2D eigenvalue weighted by Gasteiger charge is -2.51. The minimum absolute atomic E-state index is 0.129. The number of ether oxygens (including phenoxy) is 2. The van der Waals surface area contributed by atoms with Crippen LogP contribution < -0.4 is 14.2 Å². The molecule has 0 radical (unpaired) electrons. The van der Waals surface area contributed by atoms with Crippen LogP contribution in [0.15, 0.2) is 23.1 Å². The molecule has 8 nitrogen and oxygen atoms in total. The summed E-state index contributed by atoms with van der Waals surface area (Å²) in [6.07, 6.45) is 1.92. The van der Waals surface area contributed by atoms with Gasteiger partial charge in [0.2, 0.25) is 5.91 Å². The van der Waals surface area contributed by atoms with Crippen LogP contribution in [0.1, 0.15) is 47.0 Å². The quantitative estimate of drug-likeness (QED) is 0.684. The Hall–Kier alpha value is -2.29. The monoisotopic (exact) mass is 426 g/mol. The van der Waals surface area contributed by atoms with Gasteiger partial charge in [0.25, 0.3) is 15.9 Å². The van der Waals surface area contributed by atoms with Gasteiger partial charge in [0.15, 0.2) is 11.5 Å². The Balaban J connectivity index is 2.23. The topological polar surface area (TPSA) is 102 Å². The van der Waals surface area contributed by atoms with Crippen molar-refractivity contribution in [2.45, 2.75) is 57.4 Å². The van der Waals surface area contributed by atoms with E-state index in [9.17, 15) is 18.0 Å². The first-order chi connectivity index (χ1) is 13.4. The van der Waals surface area contributed by atoms with Gasteiger partial charge in [-0.05, 0) is 31.9 Å². The molecule has 29 heavy (non-hydrogen) atoms. The third-order valence-electron chi connectivity index (χ3n) is 5.50. The number of benzene rings is 1. The van der Waals surface area contributed by atoms with Crippen LogP contribution in [0.25, 0.3) is 0 Å². The summed E-state index contributed by atoms with van der Waals surface area (Å²) in [5.41, 5.74) is -1.81. The van der Waals surface area contributed by atoms with Crippen LogP contribution >= 0.6 is 0 Å². The molecule has 0 spiro atoms. The van der Waals surface area contributed by atoms with Gasteiger partial charge in [0.1, 0.15) is 5.54 Å². The first kappa shape index (κ1) is 23.0. The van der Waals surface area contributed by atoms with Crippen molar-refractivity contribution in [1.82, 2.24) is 9.62 Å². The molecular formula is C20H30N2O6S. The maximum atomic E-state index is 12.9. The standard InChI is InChI=1S/C20H30N2O6S/c1-7-10-19(2,3)18(24)22-12-11-20(22,4)17(23)21-29(25,26)14-8-9-15(27-5)16(13-14)28-6/h8-9,13H,7,10-12H2,1-6H3,(H,21,23). The van der Waals surface area contributed by atoms with Crippen molar-refractivity contribution >= 4 is 21.8 Å². The number of nitrogens with zero attached hydrogens (tertiary/aromatic N) is 1. The summed E-state index contributed by atoms with van der Waals surface area (Å²) in [6.45, 7) is 7.70. The van der Waals surface area contributed by atoms with Gasteiger partial charge >= 0.3 is 0 Å². The molecule has 1 aliphatic rings. The highest BCUT2D eigenvalue weighted by molar-refractivity contribution is 7.90. The Kier molecular flexibility index (Phi) is 6.51. The lowest BCUT2D eigenvalue weighted by molar-refractivity contribution is -0.163. The molecule has 0 aromatic heterocycles. The third-order valence-corrected chi connectivity index (χ3v) is 6.83. The van der Waals surface area contributed by atoms with Gasteiger partial charge in [-0.25, -0.2) is 13.1 Å². The summed E-state index contributed by atoms with van der Waals surface area (Å²) < 4.78 is 37.8. The fourth-order valence-corrected chi connectivity index (χ4v) is 4.58. The zero-order valence-corrected chi connectivity index (χ0v) is 18.7. The van der Waals surface area contributed by atoms with Crippen molar-refractivity contribution in [1.29, 1.82) is 0 Å². The van der Waals surface area contributed by atoms with E-state index in [1.165, 1.54) is 37.3 Å². The highest BCUT2D eigenvalue weighted by atomic mass is 32.2. The number of amides is 2. The summed E-state index contributed by atoms with van der Waals surface area (Å²) in [5, 5.41) is 0. The number of sulfonamides is 1. The van der Waals surface area contributed by atoms with E-state index in [4.69, 9.17) is 9.47 Å². The lowest BCUT2D eigenvalue weighted by Crippen LogP contribution is -2.69. The second kappa shape index (κ2) is 8.22. The van der Waals surface area contributed by atoms with Crippen LogP contribution in [0.2, 0.25) is 0 Å². The van der Waals surface area contributed by atoms with E-state index in [0.717, 1.165) is 6.42 Å². The van der Waals surface area contributed by atoms with Crippen molar-refractivity contribution in [2.75, 3.05) is 20.8 Å². The maximum Gasteiger partial charge on any atom is 0.264 e. The van der Waals surface area contributed by atoms with Crippen LogP contribution in [-0.4, -0.2) is 51.4 Å². The number of hydrogen-bond donors (Lipinski definition) is 1. The average molecular weight is 427 g/mol. The molecular weight excluding hydrogens is 396 g/mol. The van der Waals surface area contributed by atoms with Gasteiger partial charge in [-0.3, -0.25) is 9.59 Å². The van der Waals surface area contributed by atoms with Gasteiger partial charge in [0, 0.05) is 18.0 Å². The molecule has 1 unspecified atom stereocenters. The Morgan fingerprint density at radius 2 is 1.83 bits per heavy atom. The van der Waals surface area contributed by atoms with Gasteiger partial charge in [-0.1, -0.05) is 27.2 Å². The summed E-state index contributed by atoms with van der Waals surface area (Å²) in [6, 6.07) is 4.06. The first-order valence-electron chi connectivity index (χ1n) is 9.54. The van der Waals surface area contributed by atoms with E-state index < -0.39 is 26.9 Å². The zero-order chi connectivity index (χ0) is 22.0.